The Morgan fingerprint density at radius 1 is 1.20 bits per heavy atom. The summed E-state index contributed by atoms with van der Waals surface area (Å²) in [5.74, 6) is 0.469. The summed E-state index contributed by atoms with van der Waals surface area (Å²) in [4.78, 5) is 11.8. The number of ether oxygens (including phenoxy) is 1. The fourth-order valence-corrected chi connectivity index (χ4v) is 1.86. The van der Waals surface area contributed by atoms with Crippen LogP contribution in [0, 0.1) is 0 Å². The van der Waals surface area contributed by atoms with Crippen LogP contribution >= 0.6 is 11.6 Å². The highest BCUT2D eigenvalue weighted by Gasteiger charge is 2.00. The average Bonchev–Trinajstić information content (AvgIpc) is 2.46. The van der Waals surface area contributed by atoms with E-state index in [0.29, 0.717) is 16.5 Å². The van der Waals surface area contributed by atoms with Crippen LogP contribution in [0.5, 0.6) is 5.75 Å². The van der Waals surface area contributed by atoms with Crippen LogP contribution in [0.25, 0.3) is 6.08 Å². The first-order valence-corrected chi connectivity index (χ1v) is 6.44. The van der Waals surface area contributed by atoms with Crippen LogP contribution in [0.15, 0.2) is 54.6 Å². The molecule has 0 fully saturated rings. The summed E-state index contributed by atoms with van der Waals surface area (Å²) >= 11 is 6.01. The van der Waals surface area contributed by atoms with Crippen molar-refractivity contribution in [1.82, 2.24) is 0 Å². The van der Waals surface area contributed by atoms with Crippen molar-refractivity contribution in [2.24, 2.45) is 0 Å². The molecule has 3 nitrogen and oxygen atoms in total. The molecule has 0 aromatic heterocycles. The predicted molar refractivity (Wildman–Crippen MR) is 82.1 cm³/mol. The molecule has 0 heterocycles. The topological polar surface area (TPSA) is 38.3 Å². The molecule has 0 aliphatic rings. The van der Waals surface area contributed by atoms with Gasteiger partial charge in [0.2, 0.25) is 5.91 Å². The zero-order valence-electron chi connectivity index (χ0n) is 11.0. The molecule has 0 saturated heterocycles. The Labute approximate surface area is 122 Å². The van der Waals surface area contributed by atoms with Crippen molar-refractivity contribution < 1.29 is 9.53 Å². The lowest BCUT2D eigenvalue weighted by atomic mass is 10.2. The molecular weight excluding hydrogens is 274 g/mol. The van der Waals surface area contributed by atoms with E-state index in [2.05, 4.69) is 5.32 Å². The minimum atomic E-state index is -0.224. The SMILES string of the molecule is COc1cccc(NC(=O)C=Cc2ccccc2Cl)c1. The molecule has 0 radical (unpaired) electrons. The summed E-state index contributed by atoms with van der Waals surface area (Å²) in [7, 11) is 1.58. The number of anilines is 1. The number of hydrogen-bond acceptors (Lipinski definition) is 2. The van der Waals surface area contributed by atoms with E-state index in [1.54, 1.807) is 31.4 Å². The van der Waals surface area contributed by atoms with Crippen LogP contribution in [-0.2, 0) is 4.79 Å². The molecule has 2 rings (SSSR count). The zero-order valence-corrected chi connectivity index (χ0v) is 11.7. The van der Waals surface area contributed by atoms with Gasteiger partial charge in [-0.15, -0.1) is 0 Å². The fraction of sp³-hybridized carbons (Fsp3) is 0.0625. The maximum Gasteiger partial charge on any atom is 0.248 e. The van der Waals surface area contributed by atoms with Gasteiger partial charge in [0.05, 0.1) is 7.11 Å². The number of benzene rings is 2. The number of methoxy groups -OCH3 is 1. The van der Waals surface area contributed by atoms with E-state index < -0.39 is 0 Å². The molecule has 0 aliphatic carbocycles. The molecule has 0 spiro atoms. The minimum Gasteiger partial charge on any atom is -0.497 e. The van der Waals surface area contributed by atoms with Gasteiger partial charge in [0, 0.05) is 22.9 Å². The Morgan fingerprint density at radius 3 is 2.75 bits per heavy atom. The fourth-order valence-electron chi connectivity index (χ4n) is 1.66. The van der Waals surface area contributed by atoms with Crippen LogP contribution in [-0.4, -0.2) is 13.0 Å². The van der Waals surface area contributed by atoms with Gasteiger partial charge in [-0.25, -0.2) is 0 Å². The van der Waals surface area contributed by atoms with Crippen LogP contribution in [0.2, 0.25) is 5.02 Å². The lowest BCUT2D eigenvalue weighted by Gasteiger charge is -2.04. The number of nitrogens with one attached hydrogen (secondary N) is 1. The largest absolute Gasteiger partial charge is 0.497 e. The Bertz CT molecular complexity index is 638. The molecule has 2 aromatic rings. The molecule has 0 atom stereocenters. The Kier molecular flexibility index (Phi) is 4.80. The predicted octanol–water partition coefficient (Wildman–Crippen LogP) is 4.00. The van der Waals surface area contributed by atoms with E-state index in [1.165, 1.54) is 6.08 Å². The van der Waals surface area contributed by atoms with Crippen LogP contribution < -0.4 is 10.1 Å². The molecule has 0 unspecified atom stereocenters. The first kappa shape index (κ1) is 14.2. The van der Waals surface area contributed by atoms with Gasteiger partial charge in [0.15, 0.2) is 0 Å². The highest BCUT2D eigenvalue weighted by molar-refractivity contribution is 6.32. The normalized spacial score (nSPS) is 10.5. The van der Waals surface area contributed by atoms with Crippen molar-refractivity contribution in [1.29, 1.82) is 0 Å². The minimum absolute atomic E-state index is 0.224. The molecule has 0 saturated carbocycles. The molecule has 20 heavy (non-hydrogen) atoms. The van der Waals surface area contributed by atoms with E-state index in [0.717, 1.165) is 5.56 Å². The van der Waals surface area contributed by atoms with Crippen molar-refractivity contribution in [2.75, 3.05) is 12.4 Å². The summed E-state index contributed by atoms with van der Waals surface area (Å²) < 4.78 is 5.09. The van der Waals surface area contributed by atoms with Crippen molar-refractivity contribution >= 4 is 29.3 Å². The first-order valence-electron chi connectivity index (χ1n) is 6.06. The van der Waals surface area contributed by atoms with Gasteiger partial charge in [-0.05, 0) is 29.8 Å². The quantitative estimate of drug-likeness (QED) is 0.863. The number of carbonyl (C=O) groups excluding carboxylic acids is 1. The van der Waals surface area contributed by atoms with Crippen LogP contribution in [0.3, 0.4) is 0 Å². The first-order chi connectivity index (χ1) is 9.69. The highest BCUT2D eigenvalue weighted by atomic mass is 35.5. The maximum atomic E-state index is 11.8. The Morgan fingerprint density at radius 2 is 2.00 bits per heavy atom. The van der Waals surface area contributed by atoms with Gasteiger partial charge in [-0.3, -0.25) is 4.79 Å². The summed E-state index contributed by atoms with van der Waals surface area (Å²) in [6.07, 6.45) is 3.12. The summed E-state index contributed by atoms with van der Waals surface area (Å²) in [6, 6.07) is 14.5. The smallest absolute Gasteiger partial charge is 0.248 e. The number of hydrogen-bond donors (Lipinski definition) is 1. The number of halogens is 1. The van der Waals surface area contributed by atoms with Crippen LogP contribution in [0.1, 0.15) is 5.56 Å². The summed E-state index contributed by atoms with van der Waals surface area (Å²) in [6.45, 7) is 0. The van der Waals surface area contributed by atoms with Gasteiger partial charge in [-0.2, -0.15) is 0 Å². The van der Waals surface area contributed by atoms with E-state index in [4.69, 9.17) is 16.3 Å². The number of amides is 1. The van der Waals surface area contributed by atoms with Crippen molar-refractivity contribution in [2.45, 2.75) is 0 Å². The number of rotatable bonds is 4. The molecule has 1 amide bonds. The maximum absolute atomic E-state index is 11.8. The molecule has 0 bridgehead atoms. The standard InChI is InChI=1S/C16H14ClNO2/c1-20-14-7-4-6-13(11-14)18-16(19)10-9-12-5-2-3-8-15(12)17/h2-11H,1H3,(H,18,19). The highest BCUT2D eigenvalue weighted by Crippen LogP contribution is 2.18. The van der Waals surface area contributed by atoms with Crippen LogP contribution in [0.4, 0.5) is 5.69 Å². The van der Waals surface area contributed by atoms with Gasteiger partial charge in [0.1, 0.15) is 5.75 Å². The van der Waals surface area contributed by atoms with E-state index in [9.17, 15) is 4.79 Å². The third-order valence-electron chi connectivity index (χ3n) is 2.66. The lowest BCUT2D eigenvalue weighted by molar-refractivity contribution is -0.111. The number of carbonyl (C=O) groups is 1. The second-order valence-corrected chi connectivity index (χ2v) is 4.48. The van der Waals surface area contributed by atoms with Gasteiger partial charge in [0.25, 0.3) is 0 Å². The zero-order chi connectivity index (χ0) is 14.4. The molecule has 102 valence electrons. The molecule has 0 aliphatic heterocycles. The van der Waals surface area contributed by atoms with E-state index in [-0.39, 0.29) is 5.91 Å². The van der Waals surface area contributed by atoms with Gasteiger partial charge >= 0.3 is 0 Å². The van der Waals surface area contributed by atoms with Gasteiger partial charge in [-0.1, -0.05) is 35.9 Å². The third kappa shape index (κ3) is 3.87. The molecule has 1 N–H and O–H groups in total. The summed E-state index contributed by atoms with van der Waals surface area (Å²) in [5.41, 5.74) is 1.48. The molecule has 4 heteroatoms. The second-order valence-electron chi connectivity index (χ2n) is 4.08. The Hall–Kier alpha value is -2.26. The van der Waals surface area contributed by atoms with E-state index in [1.807, 2.05) is 30.3 Å². The van der Waals surface area contributed by atoms with Crippen molar-refractivity contribution in [3.05, 3.63) is 65.2 Å². The monoisotopic (exact) mass is 287 g/mol. The molecular formula is C16H14ClNO2. The second kappa shape index (κ2) is 6.78. The lowest BCUT2D eigenvalue weighted by Crippen LogP contribution is -2.07. The summed E-state index contributed by atoms with van der Waals surface area (Å²) in [5, 5.41) is 3.37. The van der Waals surface area contributed by atoms with Crippen molar-refractivity contribution in [3.8, 4) is 5.75 Å². The van der Waals surface area contributed by atoms with Gasteiger partial charge < -0.3 is 10.1 Å². The molecule has 2 aromatic carbocycles. The average molecular weight is 288 g/mol. The van der Waals surface area contributed by atoms with Crippen molar-refractivity contribution in [3.63, 3.8) is 0 Å². The Balaban J connectivity index is 2.04. The van der Waals surface area contributed by atoms with E-state index >= 15 is 0 Å². The third-order valence-corrected chi connectivity index (χ3v) is 3.00.